The van der Waals surface area contributed by atoms with Crippen LogP contribution in [-0.4, -0.2) is 18.4 Å². The number of hydrogen-bond acceptors (Lipinski definition) is 3. The third-order valence-electron chi connectivity index (χ3n) is 2.51. The maximum absolute atomic E-state index is 11.3. The molecule has 0 fully saturated rings. The summed E-state index contributed by atoms with van der Waals surface area (Å²) in [6, 6.07) is 9.71. The molecule has 14 heavy (non-hydrogen) atoms. The number of ketones is 1. The third-order valence-corrected chi connectivity index (χ3v) is 2.51. The van der Waals surface area contributed by atoms with Gasteiger partial charge in [0.25, 0.3) is 0 Å². The number of nitrogens with zero attached hydrogens (tertiary/aromatic N) is 2. The van der Waals surface area contributed by atoms with Gasteiger partial charge in [-0.1, -0.05) is 30.3 Å². The quantitative estimate of drug-likeness (QED) is 0.701. The zero-order chi connectivity index (χ0) is 9.97. The van der Waals surface area contributed by atoms with Gasteiger partial charge in [-0.05, 0) is 12.5 Å². The number of carbonyl (C=O) groups excluding carboxylic acids is 1. The third kappa shape index (κ3) is 1.58. The van der Waals surface area contributed by atoms with Crippen molar-refractivity contribution in [2.45, 2.75) is 18.9 Å². The molecule has 3 nitrogen and oxygen atoms in total. The first kappa shape index (κ1) is 9.06. The van der Waals surface area contributed by atoms with E-state index in [1.807, 2.05) is 30.3 Å². The molecule has 3 heteroatoms. The minimum absolute atomic E-state index is 0.0973. The summed E-state index contributed by atoms with van der Waals surface area (Å²) < 4.78 is 0. The van der Waals surface area contributed by atoms with Crippen LogP contribution in [0.15, 0.2) is 40.6 Å². The molecule has 0 saturated heterocycles. The van der Waals surface area contributed by atoms with Crippen LogP contribution in [0.4, 0.5) is 0 Å². The molecule has 2 rings (SSSR count). The Labute approximate surface area is 82.9 Å². The zero-order valence-electron chi connectivity index (χ0n) is 8.05. The zero-order valence-corrected chi connectivity index (χ0v) is 8.05. The van der Waals surface area contributed by atoms with Crippen molar-refractivity contribution in [2.75, 3.05) is 6.54 Å². The first-order chi connectivity index (χ1) is 6.79. The molecule has 0 unspecified atom stereocenters. The van der Waals surface area contributed by atoms with Crippen LogP contribution in [-0.2, 0) is 4.79 Å². The molecule has 72 valence electrons. The Hall–Kier alpha value is -1.51. The molecule has 1 aromatic carbocycles. The Morgan fingerprint density at radius 2 is 2.07 bits per heavy atom. The molecule has 0 N–H and O–H groups in total. The van der Waals surface area contributed by atoms with E-state index in [-0.39, 0.29) is 17.7 Å². The van der Waals surface area contributed by atoms with Crippen LogP contribution in [0.1, 0.15) is 18.4 Å². The second kappa shape index (κ2) is 3.70. The molecule has 0 saturated carbocycles. The lowest BCUT2D eigenvalue weighted by Crippen LogP contribution is -2.22. The van der Waals surface area contributed by atoms with Crippen molar-refractivity contribution in [1.29, 1.82) is 0 Å². The number of benzene rings is 1. The predicted octanol–water partition coefficient (Wildman–Crippen LogP) is 2.19. The second-order valence-corrected chi connectivity index (χ2v) is 3.51. The topological polar surface area (TPSA) is 41.8 Å². The van der Waals surface area contributed by atoms with Crippen molar-refractivity contribution in [1.82, 2.24) is 0 Å². The SMILES string of the molecule is CC(=O)[C@H]1N=NC[C@@H]1c1ccccc1. The highest BCUT2D eigenvalue weighted by Gasteiger charge is 2.30. The van der Waals surface area contributed by atoms with Gasteiger partial charge in [-0.15, -0.1) is 0 Å². The van der Waals surface area contributed by atoms with E-state index in [1.165, 1.54) is 0 Å². The van der Waals surface area contributed by atoms with E-state index in [1.54, 1.807) is 6.92 Å². The van der Waals surface area contributed by atoms with Gasteiger partial charge in [-0.25, -0.2) is 0 Å². The van der Waals surface area contributed by atoms with Gasteiger partial charge in [0.2, 0.25) is 0 Å². The average molecular weight is 188 g/mol. The van der Waals surface area contributed by atoms with Crippen molar-refractivity contribution in [2.24, 2.45) is 10.2 Å². The van der Waals surface area contributed by atoms with Gasteiger partial charge < -0.3 is 0 Å². The summed E-state index contributed by atoms with van der Waals surface area (Å²) in [4.78, 5) is 11.3. The Balaban J connectivity index is 2.24. The molecule has 1 aromatic rings. The van der Waals surface area contributed by atoms with E-state index < -0.39 is 0 Å². The fourth-order valence-electron chi connectivity index (χ4n) is 1.76. The molecule has 0 aromatic heterocycles. The molecule has 2 atom stereocenters. The van der Waals surface area contributed by atoms with E-state index in [0.29, 0.717) is 6.54 Å². The summed E-state index contributed by atoms with van der Waals surface area (Å²) in [6.07, 6.45) is 0. The first-order valence-electron chi connectivity index (χ1n) is 4.71. The van der Waals surface area contributed by atoms with Gasteiger partial charge in [0.15, 0.2) is 5.78 Å². The molecule has 0 spiro atoms. The smallest absolute Gasteiger partial charge is 0.156 e. The van der Waals surface area contributed by atoms with Crippen molar-refractivity contribution in [3.8, 4) is 0 Å². The van der Waals surface area contributed by atoms with Crippen molar-refractivity contribution >= 4 is 5.78 Å². The highest BCUT2D eigenvalue weighted by molar-refractivity contribution is 5.83. The minimum atomic E-state index is -0.266. The van der Waals surface area contributed by atoms with Crippen LogP contribution in [0.3, 0.4) is 0 Å². The molecule has 1 aliphatic heterocycles. The molecular weight excluding hydrogens is 176 g/mol. The van der Waals surface area contributed by atoms with Gasteiger partial charge in [0.1, 0.15) is 6.04 Å². The summed E-state index contributed by atoms with van der Waals surface area (Å²) in [5.74, 6) is 0.244. The Morgan fingerprint density at radius 1 is 1.36 bits per heavy atom. The molecule has 0 amide bonds. The molecule has 0 radical (unpaired) electrons. The Kier molecular flexibility index (Phi) is 2.39. The molecule has 1 heterocycles. The van der Waals surface area contributed by atoms with Gasteiger partial charge >= 0.3 is 0 Å². The number of azo groups is 1. The molecule has 0 bridgehead atoms. The monoisotopic (exact) mass is 188 g/mol. The maximum atomic E-state index is 11.3. The Bertz CT molecular complexity index is 359. The standard InChI is InChI=1S/C11H12N2O/c1-8(14)11-10(7-12-13-11)9-5-3-2-4-6-9/h2-6,10-11H,7H2,1H3/t10-,11-/m1/s1. The summed E-state index contributed by atoms with van der Waals surface area (Å²) in [5.41, 5.74) is 1.15. The highest BCUT2D eigenvalue weighted by atomic mass is 16.1. The minimum Gasteiger partial charge on any atom is -0.298 e. The van der Waals surface area contributed by atoms with E-state index in [0.717, 1.165) is 5.56 Å². The average Bonchev–Trinajstić information content (AvgIpc) is 2.67. The van der Waals surface area contributed by atoms with Crippen molar-refractivity contribution < 1.29 is 4.79 Å². The summed E-state index contributed by atoms with van der Waals surface area (Å²) in [5, 5.41) is 7.92. The van der Waals surface area contributed by atoms with E-state index in [4.69, 9.17) is 0 Å². The molecular formula is C11H12N2O. The number of Topliss-reactive ketones (excluding diaryl/α,β-unsaturated/α-hetero) is 1. The van der Waals surface area contributed by atoms with Gasteiger partial charge in [-0.2, -0.15) is 10.2 Å². The highest BCUT2D eigenvalue weighted by Crippen LogP contribution is 2.27. The fourth-order valence-corrected chi connectivity index (χ4v) is 1.76. The fraction of sp³-hybridized carbons (Fsp3) is 0.364. The van der Waals surface area contributed by atoms with E-state index in [2.05, 4.69) is 10.2 Å². The van der Waals surface area contributed by atoms with Crippen LogP contribution in [0.5, 0.6) is 0 Å². The van der Waals surface area contributed by atoms with Crippen LogP contribution < -0.4 is 0 Å². The molecule has 1 aliphatic rings. The van der Waals surface area contributed by atoms with Crippen molar-refractivity contribution in [3.63, 3.8) is 0 Å². The van der Waals surface area contributed by atoms with Crippen molar-refractivity contribution in [3.05, 3.63) is 35.9 Å². The van der Waals surface area contributed by atoms with E-state index in [9.17, 15) is 4.79 Å². The normalized spacial score (nSPS) is 25.2. The number of rotatable bonds is 2. The predicted molar refractivity (Wildman–Crippen MR) is 53.4 cm³/mol. The van der Waals surface area contributed by atoms with Gasteiger partial charge in [0.05, 0.1) is 6.54 Å². The lowest BCUT2D eigenvalue weighted by atomic mass is 9.91. The summed E-state index contributed by atoms with van der Waals surface area (Å²) in [6.45, 7) is 2.21. The maximum Gasteiger partial charge on any atom is 0.156 e. The molecule has 0 aliphatic carbocycles. The first-order valence-corrected chi connectivity index (χ1v) is 4.71. The largest absolute Gasteiger partial charge is 0.298 e. The van der Waals surface area contributed by atoms with Crippen LogP contribution in [0, 0.1) is 0 Å². The van der Waals surface area contributed by atoms with Crippen LogP contribution in [0.2, 0.25) is 0 Å². The summed E-state index contributed by atoms with van der Waals surface area (Å²) in [7, 11) is 0. The lowest BCUT2D eigenvalue weighted by Gasteiger charge is -2.13. The van der Waals surface area contributed by atoms with E-state index >= 15 is 0 Å². The van der Waals surface area contributed by atoms with Gasteiger partial charge in [0, 0.05) is 5.92 Å². The van der Waals surface area contributed by atoms with Crippen LogP contribution in [0.25, 0.3) is 0 Å². The lowest BCUT2D eigenvalue weighted by molar-refractivity contribution is -0.118. The second-order valence-electron chi connectivity index (χ2n) is 3.51. The number of hydrogen-bond donors (Lipinski definition) is 0. The summed E-state index contributed by atoms with van der Waals surface area (Å²) >= 11 is 0. The van der Waals surface area contributed by atoms with Crippen LogP contribution >= 0.6 is 0 Å². The number of carbonyl (C=O) groups is 1. The van der Waals surface area contributed by atoms with Gasteiger partial charge in [-0.3, -0.25) is 4.79 Å². The Morgan fingerprint density at radius 3 is 2.71 bits per heavy atom.